The maximum Gasteiger partial charge on any atom is 2.00 e. The van der Waals surface area contributed by atoms with Crippen LogP contribution in [-0.2, 0) is 9.13 Å². The summed E-state index contributed by atoms with van der Waals surface area (Å²) in [7, 11) is -10.8. The Kier molecular flexibility index (Phi) is 108. The smallest absolute Gasteiger partial charge is 0.822 e. The van der Waals surface area contributed by atoms with Gasteiger partial charge in [0.1, 0.15) is 0 Å². The van der Waals surface area contributed by atoms with E-state index in [2.05, 4.69) is 0 Å². The van der Waals surface area contributed by atoms with Gasteiger partial charge in [0.25, 0.3) is 0 Å². The minimum Gasteiger partial charge on any atom is -0.822 e. The third-order valence-corrected chi connectivity index (χ3v) is 0. The zero-order valence-electron chi connectivity index (χ0n) is 9.11. The van der Waals surface area contributed by atoms with E-state index in [1.165, 1.54) is 0 Å². The van der Waals surface area contributed by atoms with Crippen LogP contribution in [0.25, 0.3) is 0 Å². The van der Waals surface area contributed by atoms with E-state index in [0.29, 0.717) is 0 Å². The maximum absolute atomic E-state index is 8.55. The molecule has 0 amide bonds. The topological polar surface area (TPSA) is 172 Å². The summed E-state index contributed by atoms with van der Waals surface area (Å²) in [5.41, 5.74) is 0. The van der Waals surface area contributed by atoms with Gasteiger partial charge >= 0.3 is 264 Å². The van der Waals surface area contributed by atoms with Crippen molar-refractivity contribution in [2.24, 2.45) is 0 Å². The van der Waals surface area contributed by atoms with Gasteiger partial charge in [-0.05, 0) is 0 Å². The van der Waals surface area contributed by atoms with Crippen LogP contribution in [0, 0.1) is 0 Å². The number of rotatable bonds is 0. The van der Waals surface area contributed by atoms with E-state index < -0.39 is 15.6 Å². The predicted octanol–water partition coefficient (Wildman–Crippen LogP) is -8.31. The first-order valence-corrected chi connectivity index (χ1v) is 4.38. The fourth-order valence-corrected chi connectivity index (χ4v) is 0. The summed E-state index contributed by atoms with van der Waals surface area (Å²) in [4.78, 5) is 51.3. The molecule has 0 N–H and O–H groups in total. The Hall–Kier alpha value is 9.04. The van der Waals surface area contributed by atoms with Crippen LogP contribution in [0.5, 0.6) is 0 Å². The van der Waals surface area contributed by atoms with E-state index in [0.717, 1.165) is 0 Å². The second-order valence-corrected chi connectivity index (χ2v) is 2.68. The Morgan fingerprint density at radius 1 is 0.412 bits per heavy atom. The molecule has 17 heavy (non-hydrogen) atoms. The minimum absolute atomic E-state index is 0. The van der Waals surface area contributed by atoms with Crippen molar-refractivity contribution in [3.05, 3.63) is 0 Å². The first kappa shape index (κ1) is 56.2. The van der Waals surface area contributed by atoms with Crippen molar-refractivity contribution < 1.29 is 38.5 Å². The minimum atomic E-state index is -5.39. The van der Waals surface area contributed by atoms with Gasteiger partial charge in [0, 0.05) is 0 Å². The zero-order chi connectivity index (χ0) is 9.00. The van der Waals surface area contributed by atoms with E-state index in [1.54, 1.807) is 0 Å². The second-order valence-electron chi connectivity index (χ2n) is 0.894. The largest absolute Gasteiger partial charge is 2.00 e. The molecule has 0 heterocycles. The molecule has 0 saturated heterocycles. The number of hydrogen-bond acceptors (Lipinski definition) is 8. The third-order valence-electron chi connectivity index (χ3n) is 0. The molecule has 0 fully saturated rings. The molecule has 0 rings (SSSR count). The van der Waals surface area contributed by atoms with Gasteiger partial charge in [-0.1, -0.05) is 0 Å². The van der Waals surface area contributed by atoms with Crippen molar-refractivity contribution in [3.63, 3.8) is 0 Å². The summed E-state index contributed by atoms with van der Waals surface area (Å²) >= 11 is 0. The molecule has 0 bridgehead atoms. The van der Waals surface area contributed by atoms with Crippen LogP contribution in [0.1, 0.15) is 0 Å². The van der Waals surface area contributed by atoms with Crippen molar-refractivity contribution in [2.45, 2.75) is 0 Å². The molecule has 64 valence electrons. The Bertz CT molecular complexity index is 136. The van der Waals surface area contributed by atoms with E-state index in [9.17, 15) is 0 Å². The summed E-state index contributed by atoms with van der Waals surface area (Å²) in [6.07, 6.45) is 0. The molecule has 0 aliphatic heterocycles. The average molecular weight is 470 g/mol. The molecule has 0 aromatic carbocycles. The van der Waals surface area contributed by atoms with Crippen LogP contribution in [0.15, 0.2) is 0 Å². The van der Waals surface area contributed by atoms with Gasteiger partial charge in [0.2, 0.25) is 0 Å². The Morgan fingerprint density at radius 2 is 0.412 bits per heavy atom. The van der Waals surface area contributed by atoms with Crippen LogP contribution in [0.4, 0.5) is 0 Å². The SMILES string of the molecule is O=P([O-])([O-])[O-].O=P([O-])([O-])[O-].[Ca+2].[Ca+2].[Ca+2].[Ca+2].[Ca+2].[Ca+2].[Ca+2]. The van der Waals surface area contributed by atoms with Crippen molar-refractivity contribution in [3.8, 4) is 0 Å². The monoisotopic (exact) mass is 470 g/mol. The Morgan fingerprint density at radius 3 is 0.412 bits per heavy atom. The quantitative estimate of drug-likeness (QED) is 0.248. The van der Waals surface area contributed by atoms with Crippen LogP contribution in [0.2, 0.25) is 0 Å². The van der Waals surface area contributed by atoms with Gasteiger partial charge < -0.3 is 38.5 Å². The molecule has 0 spiro atoms. The summed E-state index contributed by atoms with van der Waals surface area (Å²) in [6.45, 7) is 0. The summed E-state index contributed by atoms with van der Waals surface area (Å²) < 4.78 is 17.1. The first-order chi connectivity index (χ1) is 4.00. The standard InChI is InChI=1S/7Ca.2H3O4P/c;;;;;;;2*1-5(2,3)4/h;;;;;;;2*(H3,1,2,3,4)/q7*+2;;/p-6. The summed E-state index contributed by atoms with van der Waals surface area (Å²) in [5, 5.41) is 0. The molecule has 17 heteroatoms. The molecule has 0 radical (unpaired) electrons. The Labute approximate surface area is 308 Å². The Balaban J connectivity index is -0.00000000762. The number of phosphoric acid groups is 2. The zero-order valence-corrected chi connectivity index (χ0v) is 26.4. The van der Waals surface area contributed by atoms with Gasteiger partial charge in [0.15, 0.2) is 0 Å². The molecule has 0 unspecified atom stereocenters. The van der Waals surface area contributed by atoms with Crippen LogP contribution in [0.3, 0.4) is 0 Å². The molecule has 0 atom stereocenters. The predicted molar refractivity (Wildman–Crippen MR) is 55.5 cm³/mol. The van der Waals surface area contributed by atoms with E-state index in [4.69, 9.17) is 38.5 Å². The molecule has 0 aliphatic carbocycles. The van der Waals surface area contributed by atoms with Crippen molar-refractivity contribution in [1.82, 2.24) is 0 Å². The first-order valence-electron chi connectivity index (χ1n) is 1.46. The van der Waals surface area contributed by atoms with Crippen LogP contribution < -0.4 is 29.4 Å². The van der Waals surface area contributed by atoms with E-state index in [1.807, 2.05) is 0 Å². The molecular formula is Ca7O8P2+8. The van der Waals surface area contributed by atoms with Gasteiger partial charge in [-0.15, -0.1) is 0 Å². The molecule has 0 aromatic rings. The second kappa shape index (κ2) is 32.7. The molecule has 0 saturated carbocycles. The molecular weight excluding hydrogens is 470 g/mol. The molecule has 0 aliphatic rings. The van der Waals surface area contributed by atoms with E-state index in [-0.39, 0.29) is 264 Å². The number of hydrogen-bond donors (Lipinski definition) is 0. The summed E-state index contributed by atoms with van der Waals surface area (Å²) in [5.74, 6) is 0. The van der Waals surface area contributed by atoms with Crippen molar-refractivity contribution in [1.29, 1.82) is 0 Å². The van der Waals surface area contributed by atoms with E-state index >= 15 is 0 Å². The van der Waals surface area contributed by atoms with Crippen LogP contribution in [-0.4, -0.2) is 264 Å². The third kappa shape index (κ3) is 163. The normalized spacial score (nSPS) is 6.94. The van der Waals surface area contributed by atoms with Crippen molar-refractivity contribution >= 4 is 280 Å². The van der Waals surface area contributed by atoms with Gasteiger partial charge in [-0.25, -0.2) is 0 Å². The van der Waals surface area contributed by atoms with Gasteiger partial charge in [-0.2, -0.15) is 15.6 Å². The maximum atomic E-state index is 8.55. The van der Waals surface area contributed by atoms with Gasteiger partial charge in [0.05, 0.1) is 0 Å². The summed E-state index contributed by atoms with van der Waals surface area (Å²) in [6, 6.07) is 0. The fraction of sp³-hybridized carbons (Fsp3) is 0. The van der Waals surface area contributed by atoms with Crippen LogP contribution >= 0.6 is 15.6 Å². The van der Waals surface area contributed by atoms with Gasteiger partial charge in [-0.3, -0.25) is 0 Å². The molecule has 8 nitrogen and oxygen atoms in total. The average Bonchev–Trinajstić information content (AvgIpc) is 1.12. The van der Waals surface area contributed by atoms with Crippen molar-refractivity contribution in [2.75, 3.05) is 0 Å². The fourth-order valence-electron chi connectivity index (χ4n) is 0. The molecule has 0 aromatic heterocycles.